The number of nitrogens with zero attached hydrogens (tertiary/aromatic N) is 1. The molecule has 0 fully saturated rings. The Labute approximate surface area is 155 Å². The summed E-state index contributed by atoms with van der Waals surface area (Å²) in [6.45, 7) is 0. The van der Waals surface area contributed by atoms with E-state index in [4.69, 9.17) is 23.2 Å². The second kappa shape index (κ2) is 6.88. The number of rotatable bonds is 3. The maximum absolute atomic E-state index is 6.48. The molecule has 1 nitrogen and oxygen atoms in total. The number of benzene rings is 2. The lowest BCUT2D eigenvalue weighted by Gasteiger charge is -2.18. The molecule has 1 unspecified atom stereocenters. The zero-order valence-electron chi connectivity index (χ0n) is 11.4. The van der Waals surface area contributed by atoms with E-state index >= 15 is 0 Å². The third-order valence-electron chi connectivity index (χ3n) is 3.45. The zero-order chi connectivity index (χ0) is 15.7. The van der Waals surface area contributed by atoms with Crippen molar-refractivity contribution in [3.05, 3.63) is 64.3 Å². The summed E-state index contributed by atoms with van der Waals surface area (Å²) in [5, 5.41) is 2.93. The maximum atomic E-state index is 6.48. The minimum atomic E-state index is 0.0612. The average molecular weight is 460 g/mol. The summed E-state index contributed by atoms with van der Waals surface area (Å²) < 4.78 is 0. The van der Waals surface area contributed by atoms with E-state index in [1.807, 2.05) is 36.4 Å². The highest BCUT2D eigenvalue weighted by Gasteiger charge is 2.21. The van der Waals surface area contributed by atoms with Gasteiger partial charge in [-0.05, 0) is 29.3 Å². The van der Waals surface area contributed by atoms with Gasteiger partial charge in [-0.3, -0.25) is 0 Å². The Kier molecular flexibility index (Phi) is 5.08. The Morgan fingerprint density at radius 1 is 1.05 bits per heavy atom. The highest BCUT2D eigenvalue weighted by atomic mass is 79.9. The van der Waals surface area contributed by atoms with Gasteiger partial charge in [-0.25, -0.2) is 4.98 Å². The van der Waals surface area contributed by atoms with E-state index < -0.39 is 0 Å². The van der Waals surface area contributed by atoms with Gasteiger partial charge >= 0.3 is 0 Å². The molecule has 1 heterocycles. The third kappa shape index (κ3) is 3.05. The Balaban J connectivity index is 2.44. The molecular weight excluding hydrogens is 449 g/mol. The molecule has 0 aliphatic rings. The van der Waals surface area contributed by atoms with Gasteiger partial charge < -0.3 is 0 Å². The molecule has 5 heteroatoms. The van der Waals surface area contributed by atoms with Crippen molar-refractivity contribution < 1.29 is 0 Å². The molecular formula is C17H11Br2Cl2N. The van der Waals surface area contributed by atoms with Gasteiger partial charge in [0.1, 0.15) is 5.15 Å². The molecule has 3 rings (SSSR count). The fourth-order valence-corrected chi connectivity index (χ4v) is 3.89. The Hall–Kier alpha value is -0.610. The van der Waals surface area contributed by atoms with Crippen LogP contribution in [0.15, 0.2) is 48.5 Å². The first-order chi connectivity index (χ1) is 10.6. The van der Waals surface area contributed by atoms with Gasteiger partial charge in [-0.1, -0.05) is 85.4 Å². The van der Waals surface area contributed by atoms with Crippen LogP contribution in [0.2, 0.25) is 10.2 Å². The van der Waals surface area contributed by atoms with Crippen LogP contribution in [0.5, 0.6) is 0 Å². The lowest BCUT2D eigenvalue weighted by atomic mass is 9.95. The molecule has 1 atom stereocenters. The van der Waals surface area contributed by atoms with Crippen LogP contribution >= 0.6 is 55.1 Å². The van der Waals surface area contributed by atoms with Crippen LogP contribution < -0.4 is 0 Å². The summed E-state index contributed by atoms with van der Waals surface area (Å²) in [7, 11) is 0. The first kappa shape index (κ1) is 16.3. The lowest BCUT2D eigenvalue weighted by molar-refractivity contribution is 1.13. The molecule has 0 bridgehead atoms. The van der Waals surface area contributed by atoms with Gasteiger partial charge in [0.05, 0.1) is 10.3 Å². The van der Waals surface area contributed by atoms with Crippen molar-refractivity contribution >= 4 is 66.0 Å². The van der Waals surface area contributed by atoms with Crippen LogP contribution in [-0.2, 0) is 0 Å². The summed E-state index contributed by atoms with van der Waals surface area (Å²) >= 11 is 19.9. The normalized spacial score (nSPS) is 12.5. The van der Waals surface area contributed by atoms with Crippen molar-refractivity contribution in [1.29, 1.82) is 0 Å². The van der Waals surface area contributed by atoms with Gasteiger partial charge in [0.25, 0.3) is 0 Å². The summed E-state index contributed by atoms with van der Waals surface area (Å²) in [5.41, 5.74) is 3.98. The molecule has 1 aromatic heterocycles. The van der Waals surface area contributed by atoms with E-state index in [1.165, 1.54) is 0 Å². The number of halogens is 4. The highest BCUT2D eigenvalue weighted by Crippen LogP contribution is 2.42. The predicted molar refractivity (Wildman–Crippen MR) is 103 cm³/mol. The lowest BCUT2D eigenvalue weighted by Crippen LogP contribution is -2.00. The second-order valence-electron chi connectivity index (χ2n) is 4.84. The zero-order valence-corrected chi connectivity index (χ0v) is 16.0. The Bertz CT molecular complexity index is 822. The quantitative estimate of drug-likeness (QED) is 0.302. The van der Waals surface area contributed by atoms with Crippen LogP contribution in [0.4, 0.5) is 0 Å². The van der Waals surface area contributed by atoms with Crippen molar-refractivity contribution in [2.24, 2.45) is 0 Å². The minimum absolute atomic E-state index is 0.0612. The first-order valence-electron chi connectivity index (χ1n) is 6.66. The van der Waals surface area contributed by atoms with Crippen LogP contribution in [0.1, 0.15) is 10.4 Å². The largest absolute Gasteiger partial charge is 0.236 e. The standard InChI is InChI=1S/C17H11Br2Cl2N/c18-9-13(19)16-15(10-4-2-1-3-5-10)12-8-11(20)6-7-14(12)22-17(16)21/h1-8,13H,9H2. The molecule has 2 aromatic carbocycles. The van der Waals surface area contributed by atoms with Crippen LogP contribution in [0, 0.1) is 0 Å². The van der Waals surface area contributed by atoms with Crippen molar-refractivity contribution in [3.8, 4) is 11.1 Å². The maximum Gasteiger partial charge on any atom is 0.134 e. The number of hydrogen-bond acceptors (Lipinski definition) is 1. The smallest absolute Gasteiger partial charge is 0.134 e. The van der Waals surface area contributed by atoms with Gasteiger partial charge in [-0.2, -0.15) is 0 Å². The molecule has 22 heavy (non-hydrogen) atoms. The van der Waals surface area contributed by atoms with Crippen LogP contribution in [-0.4, -0.2) is 10.3 Å². The van der Waals surface area contributed by atoms with Crippen LogP contribution in [0.25, 0.3) is 22.0 Å². The van der Waals surface area contributed by atoms with E-state index in [1.54, 1.807) is 0 Å². The number of hydrogen-bond donors (Lipinski definition) is 0. The number of fused-ring (bicyclic) bond motifs is 1. The fraction of sp³-hybridized carbons (Fsp3) is 0.118. The summed E-state index contributed by atoms with van der Waals surface area (Å²) in [6, 6.07) is 15.8. The number of pyridine rings is 1. The molecule has 0 saturated carbocycles. The van der Waals surface area contributed by atoms with Crippen molar-refractivity contribution in [2.45, 2.75) is 4.83 Å². The van der Waals surface area contributed by atoms with Crippen molar-refractivity contribution in [3.63, 3.8) is 0 Å². The number of aromatic nitrogens is 1. The summed E-state index contributed by atoms with van der Waals surface area (Å²) in [5.74, 6) is 0. The van der Waals surface area contributed by atoms with E-state index in [0.29, 0.717) is 10.2 Å². The van der Waals surface area contributed by atoms with E-state index in [0.717, 1.165) is 32.9 Å². The second-order valence-corrected chi connectivity index (χ2v) is 7.39. The van der Waals surface area contributed by atoms with E-state index in [9.17, 15) is 0 Å². The molecule has 3 aromatic rings. The van der Waals surface area contributed by atoms with E-state index in [-0.39, 0.29) is 4.83 Å². The van der Waals surface area contributed by atoms with Gasteiger partial charge in [0.15, 0.2) is 0 Å². The predicted octanol–water partition coefficient (Wildman–Crippen LogP) is 7.04. The molecule has 0 amide bonds. The van der Waals surface area contributed by atoms with Gasteiger partial charge in [0, 0.05) is 21.3 Å². The van der Waals surface area contributed by atoms with Gasteiger partial charge in [-0.15, -0.1) is 0 Å². The first-order valence-corrected chi connectivity index (χ1v) is 9.45. The topological polar surface area (TPSA) is 12.9 Å². The molecule has 0 radical (unpaired) electrons. The summed E-state index contributed by atoms with van der Waals surface area (Å²) in [6.07, 6.45) is 0. The Morgan fingerprint density at radius 2 is 1.77 bits per heavy atom. The SMILES string of the molecule is Clc1ccc2nc(Cl)c(C(Br)CBr)c(-c3ccccc3)c2c1. The van der Waals surface area contributed by atoms with E-state index in [2.05, 4.69) is 49.0 Å². The molecule has 112 valence electrons. The monoisotopic (exact) mass is 457 g/mol. The van der Waals surface area contributed by atoms with Crippen molar-refractivity contribution in [1.82, 2.24) is 4.98 Å². The van der Waals surface area contributed by atoms with Crippen LogP contribution in [0.3, 0.4) is 0 Å². The highest BCUT2D eigenvalue weighted by molar-refractivity contribution is 9.12. The third-order valence-corrected chi connectivity index (χ3v) is 6.27. The van der Waals surface area contributed by atoms with Crippen molar-refractivity contribution in [2.75, 3.05) is 5.33 Å². The molecule has 0 aliphatic heterocycles. The molecule has 0 N–H and O–H groups in total. The Morgan fingerprint density at radius 3 is 2.45 bits per heavy atom. The fourth-order valence-electron chi connectivity index (χ4n) is 2.50. The van der Waals surface area contributed by atoms with Gasteiger partial charge in [0.2, 0.25) is 0 Å². The number of alkyl halides is 2. The molecule has 0 saturated heterocycles. The average Bonchev–Trinajstić information content (AvgIpc) is 2.54. The molecule has 0 spiro atoms. The minimum Gasteiger partial charge on any atom is -0.236 e. The molecule has 0 aliphatic carbocycles. The summed E-state index contributed by atoms with van der Waals surface area (Å²) in [4.78, 5) is 4.59.